The summed E-state index contributed by atoms with van der Waals surface area (Å²) in [5.41, 5.74) is 2.45. The van der Waals surface area contributed by atoms with E-state index in [1.165, 1.54) is 6.33 Å². The van der Waals surface area contributed by atoms with Crippen LogP contribution in [0.1, 0.15) is 48.2 Å². The fraction of sp³-hybridized carbons (Fsp3) is 0.560. The van der Waals surface area contributed by atoms with E-state index in [2.05, 4.69) is 19.8 Å². The van der Waals surface area contributed by atoms with Gasteiger partial charge in [0.05, 0.1) is 24.8 Å². The molecule has 2 aliphatic heterocycles. The zero-order chi connectivity index (χ0) is 23.7. The molecule has 2 aromatic rings. The minimum Gasteiger partial charge on any atom is -0.379 e. The van der Waals surface area contributed by atoms with E-state index in [9.17, 15) is 9.18 Å². The average Bonchev–Trinajstić information content (AvgIpc) is 3.17. The summed E-state index contributed by atoms with van der Waals surface area (Å²) in [6, 6.07) is 7.62. The quantitative estimate of drug-likeness (QED) is 0.644. The van der Waals surface area contributed by atoms with E-state index in [0.717, 1.165) is 30.0 Å². The number of halogens is 2. The molecule has 182 valence electrons. The molecule has 0 radical (unpaired) electrons. The average molecular weight is 488 g/mol. The fourth-order valence-electron chi connectivity index (χ4n) is 5.34. The Morgan fingerprint density at radius 2 is 1.82 bits per heavy atom. The zero-order valence-electron chi connectivity index (χ0n) is 19.5. The summed E-state index contributed by atoms with van der Waals surface area (Å²) < 4.78 is 19.9. The van der Waals surface area contributed by atoms with Crippen molar-refractivity contribution >= 4 is 23.3 Å². The summed E-state index contributed by atoms with van der Waals surface area (Å²) in [6.45, 7) is 8.31. The first-order valence-electron chi connectivity index (χ1n) is 12.1. The molecule has 1 aromatic carbocycles. The van der Waals surface area contributed by atoms with Gasteiger partial charge in [-0.2, -0.15) is 0 Å². The molecule has 0 saturated carbocycles. The highest BCUT2D eigenvalue weighted by Crippen LogP contribution is 2.44. The van der Waals surface area contributed by atoms with Crippen LogP contribution >= 0.6 is 11.6 Å². The van der Waals surface area contributed by atoms with Gasteiger partial charge in [-0.05, 0) is 30.0 Å². The van der Waals surface area contributed by atoms with E-state index >= 15 is 0 Å². The van der Waals surface area contributed by atoms with Crippen molar-refractivity contribution in [3.63, 3.8) is 0 Å². The summed E-state index contributed by atoms with van der Waals surface area (Å²) in [6.07, 6.45) is 0.911. The van der Waals surface area contributed by atoms with Crippen molar-refractivity contribution in [2.45, 2.75) is 31.4 Å². The number of nitrogens with zero attached hydrogens (tertiary/aromatic N) is 5. The highest BCUT2D eigenvalue weighted by Gasteiger charge is 2.36. The van der Waals surface area contributed by atoms with Crippen molar-refractivity contribution in [1.82, 2.24) is 19.8 Å². The third-order valence-corrected chi connectivity index (χ3v) is 7.50. The number of hydrogen-bond acceptors (Lipinski definition) is 6. The number of amides is 1. The van der Waals surface area contributed by atoms with Crippen LogP contribution in [0.15, 0.2) is 30.6 Å². The lowest BCUT2D eigenvalue weighted by Gasteiger charge is -2.39. The van der Waals surface area contributed by atoms with Gasteiger partial charge < -0.3 is 14.5 Å². The maximum absolute atomic E-state index is 14.4. The smallest absolute Gasteiger partial charge is 0.231 e. The maximum atomic E-state index is 14.4. The molecule has 9 heteroatoms. The number of morpholine rings is 1. The van der Waals surface area contributed by atoms with E-state index in [1.807, 2.05) is 36.1 Å². The van der Waals surface area contributed by atoms with Crippen LogP contribution in [0.2, 0.25) is 5.02 Å². The second-order valence-electron chi connectivity index (χ2n) is 9.43. The van der Waals surface area contributed by atoms with Gasteiger partial charge in [0.1, 0.15) is 18.3 Å². The first kappa shape index (κ1) is 23.5. The van der Waals surface area contributed by atoms with Crippen molar-refractivity contribution in [2.75, 3.05) is 63.9 Å². The summed E-state index contributed by atoms with van der Waals surface area (Å²) in [7, 11) is 0. The van der Waals surface area contributed by atoms with Crippen molar-refractivity contribution in [3.05, 3.63) is 52.4 Å². The number of carbonyl (C=O) groups is 1. The predicted octanol–water partition coefficient (Wildman–Crippen LogP) is 3.41. The number of hydrogen-bond donors (Lipinski definition) is 0. The number of piperazine rings is 1. The minimum atomic E-state index is -1.02. The number of ether oxygens (including phenoxy) is 1. The molecule has 2 saturated heterocycles. The van der Waals surface area contributed by atoms with Gasteiger partial charge in [-0.1, -0.05) is 30.7 Å². The standard InChI is InChI=1S/C25H31ClFN5O2/c1-17-14-21(27)23-22(17)24(29-16-28-23)31-6-8-32(9-7-31)25(33)20(15-30-10-12-34-13-11-30)18-2-4-19(26)5-3-18/h2-5,16-17,20-21H,6-15H2,1H3/t17-,20-,21-/m1/s1. The Hall–Kier alpha value is -2.29. The van der Waals surface area contributed by atoms with Gasteiger partial charge >= 0.3 is 0 Å². The molecule has 1 aliphatic carbocycles. The third kappa shape index (κ3) is 4.76. The zero-order valence-corrected chi connectivity index (χ0v) is 20.3. The van der Waals surface area contributed by atoms with Crippen molar-refractivity contribution in [3.8, 4) is 0 Å². The fourth-order valence-corrected chi connectivity index (χ4v) is 5.46. The lowest BCUT2D eigenvalue weighted by atomic mass is 9.96. The Morgan fingerprint density at radius 1 is 1.12 bits per heavy atom. The number of benzene rings is 1. The van der Waals surface area contributed by atoms with Gasteiger partial charge in [-0.25, -0.2) is 14.4 Å². The van der Waals surface area contributed by atoms with E-state index < -0.39 is 6.17 Å². The molecular weight excluding hydrogens is 457 g/mol. The second-order valence-corrected chi connectivity index (χ2v) is 9.87. The van der Waals surface area contributed by atoms with Gasteiger partial charge in [0, 0.05) is 56.4 Å². The molecule has 0 spiro atoms. The highest BCUT2D eigenvalue weighted by atomic mass is 35.5. The number of anilines is 1. The predicted molar refractivity (Wildman–Crippen MR) is 129 cm³/mol. The minimum absolute atomic E-state index is 0.101. The monoisotopic (exact) mass is 487 g/mol. The molecule has 1 amide bonds. The topological polar surface area (TPSA) is 61.8 Å². The van der Waals surface area contributed by atoms with Crippen molar-refractivity contribution < 1.29 is 13.9 Å². The van der Waals surface area contributed by atoms with Gasteiger partial charge in [-0.3, -0.25) is 9.69 Å². The summed E-state index contributed by atoms with van der Waals surface area (Å²) in [5, 5.41) is 0.664. The molecule has 34 heavy (non-hydrogen) atoms. The van der Waals surface area contributed by atoms with Gasteiger partial charge in [0.2, 0.25) is 5.91 Å². The molecular formula is C25H31ClFN5O2. The summed E-state index contributed by atoms with van der Waals surface area (Å²) in [4.78, 5) is 28.9. The lowest BCUT2D eigenvalue weighted by molar-refractivity contribution is -0.134. The number of rotatable bonds is 5. The van der Waals surface area contributed by atoms with Crippen LogP contribution in [0.3, 0.4) is 0 Å². The van der Waals surface area contributed by atoms with Crippen LogP contribution in [-0.2, 0) is 9.53 Å². The molecule has 2 fully saturated rings. The second kappa shape index (κ2) is 10.1. The van der Waals surface area contributed by atoms with Crippen LogP contribution in [-0.4, -0.2) is 84.7 Å². The van der Waals surface area contributed by atoms with E-state index in [0.29, 0.717) is 63.1 Å². The van der Waals surface area contributed by atoms with Crippen molar-refractivity contribution in [2.24, 2.45) is 0 Å². The number of fused-ring (bicyclic) bond motifs is 1. The molecule has 1 aromatic heterocycles. The molecule has 3 heterocycles. The van der Waals surface area contributed by atoms with Gasteiger partial charge in [0.15, 0.2) is 0 Å². The summed E-state index contributed by atoms with van der Waals surface area (Å²) >= 11 is 6.11. The first-order valence-corrected chi connectivity index (χ1v) is 12.5. The Balaban J connectivity index is 1.30. The number of aromatic nitrogens is 2. The molecule has 0 bridgehead atoms. The number of carbonyl (C=O) groups excluding carboxylic acids is 1. The van der Waals surface area contributed by atoms with Crippen LogP contribution < -0.4 is 4.90 Å². The SMILES string of the molecule is C[C@@H]1C[C@@H](F)c2ncnc(N3CCN(C(=O)[C@H](CN4CCOCC4)c4ccc(Cl)cc4)CC3)c21. The molecule has 7 nitrogen and oxygen atoms in total. The Kier molecular flexibility index (Phi) is 6.99. The Labute approximate surface area is 204 Å². The Bertz CT molecular complexity index is 1010. The van der Waals surface area contributed by atoms with E-state index in [1.54, 1.807) is 0 Å². The maximum Gasteiger partial charge on any atom is 0.231 e. The van der Waals surface area contributed by atoms with Crippen LogP contribution in [0.4, 0.5) is 10.2 Å². The van der Waals surface area contributed by atoms with Gasteiger partial charge in [-0.15, -0.1) is 0 Å². The normalized spacial score (nSPS) is 24.2. The van der Waals surface area contributed by atoms with E-state index in [-0.39, 0.29) is 17.7 Å². The van der Waals surface area contributed by atoms with Crippen LogP contribution in [0.25, 0.3) is 0 Å². The summed E-state index contributed by atoms with van der Waals surface area (Å²) in [5.74, 6) is 0.812. The van der Waals surface area contributed by atoms with Crippen molar-refractivity contribution in [1.29, 1.82) is 0 Å². The lowest BCUT2D eigenvalue weighted by Crippen LogP contribution is -2.52. The van der Waals surface area contributed by atoms with Crippen LogP contribution in [0, 0.1) is 0 Å². The molecule has 0 unspecified atom stereocenters. The third-order valence-electron chi connectivity index (χ3n) is 7.25. The van der Waals surface area contributed by atoms with E-state index in [4.69, 9.17) is 16.3 Å². The molecule has 5 rings (SSSR count). The molecule has 3 atom stereocenters. The molecule has 3 aliphatic rings. The first-order chi connectivity index (χ1) is 16.5. The number of alkyl halides is 1. The van der Waals surface area contributed by atoms with Gasteiger partial charge in [0.25, 0.3) is 0 Å². The van der Waals surface area contributed by atoms with Crippen LogP contribution in [0.5, 0.6) is 0 Å². The Morgan fingerprint density at radius 3 is 2.53 bits per heavy atom. The molecule has 0 N–H and O–H groups in total. The largest absolute Gasteiger partial charge is 0.379 e. The highest BCUT2D eigenvalue weighted by molar-refractivity contribution is 6.30.